The Bertz CT molecular complexity index is 2840. The van der Waals surface area contributed by atoms with Gasteiger partial charge in [-0.15, -0.1) is 22.7 Å². The van der Waals surface area contributed by atoms with Crippen molar-refractivity contribution in [2.75, 3.05) is 24.9 Å². The minimum Gasteiger partial charge on any atom is -0.493 e. The highest BCUT2D eigenvalue weighted by atomic mass is 32.1. The molecule has 6 aromatic rings. The highest BCUT2D eigenvalue weighted by molar-refractivity contribution is 7.12. The second-order valence-electron chi connectivity index (χ2n) is 16.4. The van der Waals surface area contributed by atoms with Crippen LogP contribution < -0.4 is 51.7 Å². The molecule has 72 heavy (non-hydrogen) atoms. The van der Waals surface area contributed by atoms with E-state index in [1.165, 1.54) is 125 Å². The predicted octanol–water partition coefficient (Wildman–Crippen LogP) is 5.22. The van der Waals surface area contributed by atoms with E-state index in [0.29, 0.717) is 0 Å². The Balaban J connectivity index is 1.43. The van der Waals surface area contributed by atoms with Gasteiger partial charge in [0.1, 0.15) is 9.75 Å². The lowest BCUT2D eigenvalue weighted by molar-refractivity contribution is -0.171. The summed E-state index contributed by atoms with van der Waals surface area (Å²) in [4.78, 5) is 110. The summed E-state index contributed by atoms with van der Waals surface area (Å²) in [6.07, 6.45) is 0. The molecule has 2 unspecified atom stereocenters. The van der Waals surface area contributed by atoms with Gasteiger partial charge >= 0.3 is 23.9 Å². The van der Waals surface area contributed by atoms with Gasteiger partial charge in [0.2, 0.25) is 11.8 Å². The summed E-state index contributed by atoms with van der Waals surface area (Å²) in [5.41, 5.74) is 5.87. The molecule has 20 nitrogen and oxygen atoms in total. The van der Waals surface area contributed by atoms with Crippen LogP contribution in [0.2, 0.25) is 0 Å². The molecule has 372 valence electrons. The molecule has 10 N–H and O–H groups in total. The number of methoxy groups -OCH3 is 2. The molecule has 2 atom stereocenters. The summed E-state index contributed by atoms with van der Waals surface area (Å²) in [5, 5.41) is 37.2. The number of aliphatic carboxylic acids is 2. The minimum absolute atomic E-state index is 0.137. The van der Waals surface area contributed by atoms with Crippen molar-refractivity contribution in [2.45, 2.75) is 48.8 Å². The molecule has 0 aliphatic heterocycles. The number of ether oxygens (including phenoxy) is 4. The number of anilines is 2. The van der Waals surface area contributed by atoms with Crippen molar-refractivity contribution in [3.63, 3.8) is 0 Å². The fourth-order valence-corrected chi connectivity index (χ4v) is 9.52. The molecule has 0 spiro atoms. The van der Waals surface area contributed by atoms with Gasteiger partial charge in [0.05, 0.1) is 38.1 Å². The number of esters is 2. The molecule has 22 heteroatoms. The topological polar surface area (TPSA) is 314 Å². The zero-order valence-electron chi connectivity index (χ0n) is 38.6. The molecule has 1 fully saturated rings. The molecule has 1 saturated carbocycles. The normalized spacial score (nSPS) is 18.7. The number of thiophene rings is 2. The van der Waals surface area contributed by atoms with Gasteiger partial charge < -0.3 is 61.9 Å². The van der Waals surface area contributed by atoms with Crippen LogP contribution in [-0.2, 0) is 19.2 Å². The maximum atomic E-state index is 14.6. The smallest absolute Gasteiger partial charge is 0.353 e. The second kappa shape index (κ2) is 21.3. The van der Waals surface area contributed by atoms with E-state index < -0.39 is 82.5 Å². The fourth-order valence-electron chi connectivity index (χ4n) is 8.32. The fraction of sp³-hybridized carbons (Fsp3) is 0.200. The Morgan fingerprint density at radius 1 is 0.542 bits per heavy atom. The summed E-state index contributed by atoms with van der Waals surface area (Å²) in [6.45, 7) is 2.94. The molecule has 0 bridgehead atoms. The van der Waals surface area contributed by atoms with E-state index in [1.54, 1.807) is 22.9 Å². The van der Waals surface area contributed by atoms with Crippen LogP contribution in [0.3, 0.4) is 0 Å². The number of carbonyl (C=O) groups is 8. The second-order valence-corrected chi connectivity index (χ2v) is 18.3. The number of amides is 4. The van der Waals surface area contributed by atoms with Crippen molar-refractivity contribution in [3.8, 4) is 23.0 Å². The van der Waals surface area contributed by atoms with Crippen LogP contribution in [0, 0.1) is 0 Å². The standard InChI is InChI=1S/C50H46N6O14S2/c1-25(51)41(57)53-31-15-9-27(10-16-31)43(59)55-49(47(63)64)39(29-13-19-33(35(23-29)67-3)69-45(61)37-7-5-21-71-37)50(48(65)66,56-44(60)28-11-17-32(18-12-28)54-42(58)26(2)52)40(49)30-14-20-34(36(24-30)68-4)70-46(62)38-8-6-22-72-38/h5-26,39-40H,51-52H2,1-4H3,(H,53,57)(H,54,58)(H,55,59)(H,56,60)(H,63,64)(H,65,66). The van der Waals surface area contributed by atoms with E-state index in [0.717, 1.165) is 22.7 Å². The average Bonchev–Trinajstić information content (AvgIpc) is 4.11. The molecule has 1 aliphatic rings. The molecule has 0 radical (unpaired) electrons. The number of nitrogens with one attached hydrogen (secondary N) is 4. The van der Waals surface area contributed by atoms with Gasteiger partial charge in [0.15, 0.2) is 34.1 Å². The van der Waals surface area contributed by atoms with Gasteiger partial charge in [-0.05, 0) is 121 Å². The lowest BCUT2D eigenvalue weighted by Gasteiger charge is -2.64. The lowest BCUT2D eigenvalue weighted by atomic mass is 9.43. The highest BCUT2D eigenvalue weighted by Crippen LogP contribution is 2.64. The number of carbonyl (C=O) groups excluding carboxylic acids is 6. The van der Waals surface area contributed by atoms with Crippen LogP contribution in [-0.4, -0.2) is 95.1 Å². The summed E-state index contributed by atoms with van der Waals surface area (Å²) in [6, 6.07) is 22.7. The summed E-state index contributed by atoms with van der Waals surface area (Å²) in [7, 11) is 2.45. The third kappa shape index (κ3) is 10.1. The molecule has 4 amide bonds. The third-order valence-electron chi connectivity index (χ3n) is 11.7. The van der Waals surface area contributed by atoms with Gasteiger partial charge in [-0.25, -0.2) is 19.2 Å². The summed E-state index contributed by atoms with van der Waals surface area (Å²) in [5.74, 6) is -12.7. The van der Waals surface area contributed by atoms with E-state index in [4.69, 9.17) is 30.4 Å². The van der Waals surface area contributed by atoms with Crippen molar-refractivity contribution < 1.29 is 67.5 Å². The largest absolute Gasteiger partial charge is 0.493 e. The number of nitrogens with two attached hydrogens (primary N) is 2. The first-order valence-electron chi connectivity index (χ1n) is 21.7. The quantitative estimate of drug-likeness (QED) is 0.0404. The molecule has 4 aromatic carbocycles. The number of hydrogen-bond donors (Lipinski definition) is 8. The monoisotopic (exact) mass is 1020 g/mol. The van der Waals surface area contributed by atoms with Crippen molar-refractivity contribution >= 4 is 81.6 Å². The van der Waals surface area contributed by atoms with E-state index in [9.17, 15) is 48.6 Å². The first-order valence-corrected chi connectivity index (χ1v) is 23.4. The minimum atomic E-state index is -2.74. The predicted molar refractivity (Wildman–Crippen MR) is 263 cm³/mol. The van der Waals surface area contributed by atoms with Crippen LogP contribution in [0.1, 0.15) is 76.9 Å². The third-order valence-corrected chi connectivity index (χ3v) is 13.4. The van der Waals surface area contributed by atoms with E-state index in [1.807, 2.05) is 0 Å². The van der Waals surface area contributed by atoms with Crippen LogP contribution in [0.25, 0.3) is 0 Å². The Morgan fingerprint density at radius 3 is 1.19 bits per heavy atom. The number of carboxylic acids is 2. The average molecular weight is 1020 g/mol. The molecule has 2 heterocycles. The number of hydrogen-bond acceptors (Lipinski definition) is 16. The van der Waals surface area contributed by atoms with E-state index >= 15 is 0 Å². The highest BCUT2D eigenvalue weighted by Gasteiger charge is 2.80. The Kier molecular flexibility index (Phi) is 15.2. The van der Waals surface area contributed by atoms with Gasteiger partial charge in [0, 0.05) is 22.5 Å². The van der Waals surface area contributed by atoms with Crippen molar-refractivity contribution in [2.24, 2.45) is 11.5 Å². The van der Waals surface area contributed by atoms with Crippen molar-refractivity contribution in [3.05, 3.63) is 152 Å². The van der Waals surface area contributed by atoms with E-state index in [-0.39, 0.29) is 66.4 Å². The Hall–Kier alpha value is -8.44. The number of rotatable bonds is 18. The van der Waals surface area contributed by atoms with Crippen LogP contribution >= 0.6 is 22.7 Å². The van der Waals surface area contributed by atoms with Gasteiger partial charge in [0.25, 0.3) is 11.8 Å². The first-order chi connectivity index (χ1) is 34.3. The maximum absolute atomic E-state index is 14.6. The van der Waals surface area contributed by atoms with Gasteiger partial charge in [-0.3, -0.25) is 19.2 Å². The zero-order valence-corrected chi connectivity index (χ0v) is 40.3. The van der Waals surface area contributed by atoms with Crippen molar-refractivity contribution in [1.29, 1.82) is 0 Å². The van der Waals surface area contributed by atoms with Gasteiger partial charge in [-0.1, -0.05) is 24.3 Å². The van der Waals surface area contributed by atoms with Gasteiger partial charge in [-0.2, -0.15) is 0 Å². The van der Waals surface area contributed by atoms with Crippen LogP contribution in [0.5, 0.6) is 23.0 Å². The van der Waals surface area contributed by atoms with Crippen LogP contribution in [0.15, 0.2) is 120 Å². The molecule has 7 rings (SSSR count). The maximum Gasteiger partial charge on any atom is 0.353 e. The Morgan fingerprint density at radius 2 is 0.903 bits per heavy atom. The number of carboxylic acid groups (broad SMARTS) is 2. The molecular formula is C50H46N6O14S2. The van der Waals surface area contributed by atoms with Crippen molar-refractivity contribution in [1.82, 2.24) is 10.6 Å². The summed E-state index contributed by atoms with van der Waals surface area (Å²) >= 11 is 2.21. The molecule has 2 aromatic heterocycles. The molecular weight excluding hydrogens is 973 g/mol. The summed E-state index contributed by atoms with van der Waals surface area (Å²) < 4.78 is 22.5. The lowest BCUT2D eigenvalue weighted by Crippen LogP contribution is -2.86. The number of benzene rings is 4. The first kappa shape index (κ1) is 51.4. The van der Waals surface area contributed by atoms with Crippen LogP contribution in [0.4, 0.5) is 11.4 Å². The molecule has 1 aliphatic carbocycles. The SMILES string of the molecule is COc1cc(C2C(NC(=O)c3ccc(NC(=O)C(C)N)cc3)(C(=O)O)C(c3ccc(OC(=O)c4cccs4)c(OC)c3)C2(NC(=O)c2ccc(NC(=O)C(C)N)cc2)C(=O)O)ccc1OC(=O)c1cccs1. The molecule has 0 saturated heterocycles. The zero-order chi connectivity index (χ0) is 52.1. The Labute approximate surface area is 418 Å². The van der Waals surface area contributed by atoms with E-state index in [2.05, 4.69) is 21.3 Å².